The van der Waals surface area contributed by atoms with Gasteiger partial charge in [0.15, 0.2) is 0 Å². The Hall–Kier alpha value is -1.74. The van der Waals surface area contributed by atoms with Crippen molar-refractivity contribution in [1.82, 2.24) is 0 Å². The van der Waals surface area contributed by atoms with Crippen molar-refractivity contribution < 1.29 is 8.78 Å². The van der Waals surface area contributed by atoms with Crippen molar-refractivity contribution in [2.45, 2.75) is 25.3 Å². The smallest absolute Gasteiger partial charge is 0.123 e. The molecule has 0 aliphatic heterocycles. The van der Waals surface area contributed by atoms with Crippen LogP contribution in [0.15, 0.2) is 36.4 Å². The quantitative estimate of drug-likeness (QED) is 0.834. The summed E-state index contributed by atoms with van der Waals surface area (Å²) >= 11 is 0. The van der Waals surface area contributed by atoms with Gasteiger partial charge in [0.25, 0.3) is 0 Å². The zero-order chi connectivity index (χ0) is 13.6. The van der Waals surface area contributed by atoms with E-state index in [1.807, 2.05) is 13.0 Å². The number of hydrogen-bond donors (Lipinski definition) is 1. The van der Waals surface area contributed by atoms with Crippen molar-refractivity contribution in [3.63, 3.8) is 0 Å². The third-order valence-electron chi connectivity index (χ3n) is 3.89. The topological polar surface area (TPSA) is 26.0 Å². The van der Waals surface area contributed by atoms with Crippen LogP contribution in [0.1, 0.15) is 28.7 Å². The summed E-state index contributed by atoms with van der Waals surface area (Å²) in [6, 6.07) is 9.52. The van der Waals surface area contributed by atoms with E-state index in [0.29, 0.717) is 6.42 Å². The van der Waals surface area contributed by atoms with Gasteiger partial charge < -0.3 is 5.73 Å². The summed E-state index contributed by atoms with van der Waals surface area (Å²) < 4.78 is 26.8. The highest BCUT2D eigenvalue weighted by molar-refractivity contribution is 5.47. The molecular formula is C16H15F2N. The van der Waals surface area contributed by atoms with E-state index >= 15 is 0 Å². The Morgan fingerprint density at radius 3 is 2.58 bits per heavy atom. The molecule has 2 aromatic carbocycles. The highest BCUT2D eigenvalue weighted by Crippen LogP contribution is 2.40. The lowest BCUT2D eigenvalue weighted by Crippen LogP contribution is -2.35. The number of halogens is 2. The van der Waals surface area contributed by atoms with E-state index in [2.05, 4.69) is 0 Å². The molecule has 0 saturated heterocycles. The zero-order valence-electron chi connectivity index (χ0n) is 10.7. The van der Waals surface area contributed by atoms with E-state index < -0.39 is 5.54 Å². The first-order chi connectivity index (χ1) is 8.99. The highest BCUT2D eigenvalue weighted by atomic mass is 19.1. The highest BCUT2D eigenvalue weighted by Gasteiger charge is 2.37. The van der Waals surface area contributed by atoms with Crippen LogP contribution in [0, 0.1) is 18.6 Å². The molecule has 98 valence electrons. The average molecular weight is 259 g/mol. The van der Waals surface area contributed by atoms with E-state index in [1.165, 1.54) is 24.3 Å². The minimum atomic E-state index is -0.712. The summed E-state index contributed by atoms with van der Waals surface area (Å²) in [5, 5.41) is 0. The van der Waals surface area contributed by atoms with Crippen LogP contribution >= 0.6 is 0 Å². The summed E-state index contributed by atoms with van der Waals surface area (Å²) in [6.45, 7) is 1.84. The Balaban J connectivity index is 2.16. The predicted molar refractivity (Wildman–Crippen MR) is 70.8 cm³/mol. The second-order valence-electron chi connectivity index (χ2n) is 5.29. The molecule has 0 radical (unpaired) electrons. The molecule has 0 fully saturated rings. The van der Waals surface area contributed by atoms with Crippen LogP contribution in [0.3, 0.4) is 0 Å². The van der Waals surface area contributed by atoms with Crippen LogP contribution in [-0.4, -0.2) is 0 Å². The number of benzene rings is 2. The Labute approximate surface area is 111 Å². The van der Waals surface area contributed by atoms with Crippen molar-refractivity contribution in [2.24, 2.45) is 5.73 Å². The van der Waals surface area contributed by atoms with E-state index in [1.54, 1.807) is 6.07 Å². The van der Waals surface area contributed by atoms with Crippen molar-refractivity contribution in [1.29, 1.82) is 0 Å². The first-order valence-corrected chi connectivity index (χ1v) is 6.34. The molecule has 0 amide bonds. The standard InChI is InChI=1S/C16H15F2N/c1-10-6-12(9-14(18)7-10)16(19)5-4-11-8-13(17)2-3-15(11)16/h2-3,6-9H,4-5,19H2,1H3. The fourth-order valence-corrected chi connectivity index (χ4v) is 2.96. The molecule has 1 unspecified atom stereocenters. The van der Waals surface area contributed by atoms with Crippen molar-refractivity contribution >= 4 is 0 Å². The van der Waals surface area contributed by atoms with Crippen molar-refractivity contribution in [3.05, 3.63) is 70.3 Å². The first-order valence-electron chi connectivity index (χ1n) is 6.34. The minimum Gasteiger partial charge on any atom is -0.318 e. The van der Waals surface area contributed by atoms with Crippen LogP contribution in [0.4, 0.5) is 8.78 Å². The summed E-state index contributed by atoms with van der Waals surface area (Å²) in [5.41, 5.74) is 9.20. The average Bonchev–Trinajstić information content (AvgIpc) is 2.66. The SMILES string of the molecule is Cc1cc(F)cc(C2(N)CCc3cc(F)ccc32)c1. The van der Waals surface area contributed by atoms with Crippen molar-refractivity contribution in [3.8, 4) is 0 Å². The molecule has 0 saturated carbocycles. The fraction of sp³-hybridized carbons (Fsp3) is 0.250. The lowest BCUT2D eigenvalue weighted by Gasteiger charge is -2.26. The molecule has 1 atom stereocenters. The molecular weight excluding hydrogens is 244 g/mol. The van der Waals surface area contributed by atoms with Gasteiger partial charge in [0.2, 0.25) is 0 Å². The van der Waals surface area contributed by atoms with Crippen LogP contribution in [0.5, 0.6) is 0 Å². The largest absolute Gasteiger partial charge is 0.318 e. The molecule has 1 nitrogen and oxygen atoms in total. The van der Waals surface area contributed by atoms with Gasteiger partial charge in [0.1, 0.15) is 11.6 Å². The van der Waals surface area contributed by atoms with Gasteiger partial charge >= 0.3 is 0 Å². The number of hydrogen-bond acceptors (Lipinski definition) is 1. The fourth-order valence-electron chi connectivity index (χ4n) is 2.96. The molecule has 0 bridgehead atoms. The third-order valence-corrected chi connectivity index (χ3v) is 3.89. The van der Waals surface area contributed by atoms with Crippen LogP contribution in [0.25, 0.3) is 0 Å². The Morgan fingerprint density at radius 2 is 1.84 bits per heavy atom. The Morgan fingerprint density at radius 1 is 1.05 bits per heavy atom. The maximum atomic E-state index is 13.6. The summed E-state index contributed by atoms with van der Waals surface area (Å²) in [5.74, 6) is -0.534. The number of rotatable bonds is 1. The van der Waals surface area contributed by atoms with Gasteiger partial charge in [-0.25, -0.2) is 8.78 Å². The second-order valence-corrected chi connectivity index (χ2v) is 5.29. The molecule has 3 rings (SSSR count). The van der Waals surface area contributed by atoms with Gasteiger partial charge in [-0.3, -0.25) is 0 Å². The van der Waals surface area contributed by atoms with Gasteiger partial charge in [-0.15, -0.1) is 0 Å². The monoisotopic (exact) mass is 259 g/mol. The molecule has 0 spiro atoms. The maximum Gasteiger partial charge on any atom is 0.123 e. The van der Waals surface area contributed by atoms with E-state index in [-0.39, 0.29) is 11.6 Å². The van der Waals surface area contributed by atoms with Crippen LogP contribution in [0.2, 0.25) is 0 Å². The van der Waals surface area contributed by atoms with E-state index in [9.17, 15) is 8.78 Å². The maximum absolute atomic E-state index is 13.6. The molecule has 0 heterocycles. The van der Waals surface area contributed by atoms with Gasteiger partial charge in [-0.1, -0.05) is 12.1 Å². The zero-order valence-corrected chi connectivity index (χ0v) is 10.7. The van der Waals surface area contributed by atoms with Gasteiger partial charge in [0.05, 0.1) is 5.54 Å². The second kappa shape index (κ2) is 4.14. The number of fused-ring (bicyclic) bond motifs is 1. The lowest BCUT2D eigenvalue weighted by atomic mass is 9.84. The van der Waals surface area contributed by atoms with Crippen LogP contribution in [-0.2, 0) is 12.0 Å². The molecule has 2 N–H and O–H groups in total. The predicted octanol–water partition coefficient (Wildman–Crippen LogP) is 3.42. The lowest BCUT2D eigenvalue weighted by molar-refractivity contribution is 0.526. The third kappa shape index (κ3) is 1.94. The molecule has 1 aliphatic rings. The Kier molecular flexibility index (Phi) is 2.68. The Bertz CT molecular complexity index is 631. The minimum absolute atomic E-state index is 0.251. The number of aryl methyl sites for hydroxylation is 2. The summed E-state index contributed by atoms with van der Waals surface area (Å²) in [4.78, 5) is 0. The van der Waals surface area contributed by atoms with Gasteiger partial charge in [-0.2, -0.15) is 0 Å². The van der Waals surface area contributed by atoms with Crippen molar-refractivity contribution in [2.75, 3.05) is 0 Å². The number of nitrogens with two attached hydrogens (primary N) is 1. The van der Waals surface area contributed by atoms with Gasteiger partial charge in [0, 0.05) is 0 Å². The normalized spacial score (nSPS) is 21.5. The molecule has 0 aromatic heterocycles. The molecule has 1 aliphatic carbocycles. The van der Waals surface area contributed by atoms with Crippen LogP contribution < -0.4 is 5.73 Å². The summed E-state index contributed by atoms with van der Waals surface area (Å²) in [6.07, 6.45) is 1.40. The molecule has 3 heteroatoms. The molecule has 2 aromatic rings. The van der Waals surface area contributed by atoms with E-state index in [0.717, 1.165) is 28.7 Å². The van der Waals surface area contributed by atoms with E-state index in [4.69, 9.17) is 5.73 Å². The first kappa shape index (κ1) is 12.3. The summed E-state index contributed by atoms with van der Waals surface area (Å²) in [7, 11) is 0. The van der Waals surface area contributed by atoms with Gasteiger partial charge in [-0.05, 0) is 66.3 Å². The molecule has 19 heavy (non-hydrogen) atoms.